The Labute approximate surface area is 184 Å². The van der Waals surface area contributed by atoms with E-state index in [9.17, 15) is 19.1 Å². The third-order valence-corrected chi connectivity index (χ3v) is 5.19. The lowest BCUT2D eigenvalue weighted by atomic mass is 10.0. The van der Waals surface area contributed by atoms with E-state index in [2.05, 4.69) is 10.6 Å². The second-order valence-corrected chi connectivity index (χ2v) is 7.46. The second kappa shape index (κ2) is 9.80. The largest absolute Gasteiger partial charge is 0.454 e. The number of fused-ring (bicyclic) bond motifs is 1. The van der Waals surface area contributed by atoms with Gasteiger partial charge >= 0.3 is 0 Å². The van der Waals surface area contributed by atoms with Gasteiger partial charge in [-0.15, -0.1) is 0 Å². The second-order valence-electron chi connectivity index (χ2n) is 7.46. The van der Waals surface area contributed by atoms with E-state index in [1.807, 2.05) is 0 Å². The first-order valence-corrected chi connectivity index (χ1v) is 10.2. The Hall–Kier alpha value is -3.43. The predicted molar refractivity (Wildman–Crippen MR) is 112 cm³/mol. The molecule has 0 unspecified atom stereocenters. The molecule has 3 atom stereocenters. The number of ether oxygens (including phenoxy) is 3. The van der Waals surface area contributed by atoms with E-state index in [-0.39, 0.29) is 44.0 Å². The smallest absolute Gasteiger partial charge is 0.251 e. The van der Waals surface area contributed by atoms with Gasteiger partial charge in [-0.2, -0.15) is 0 Å². The molecule has 2 aliphatic rings. The molecule has 2 aliphatic heterocycles. The van der Waals surface area contributed by atoms with E-state index in [0.29, 0.717) is 17.1 Å². The Morgan fingerprint density at radius 1 is 1.06 bits per heavy atom. The van der Waals surface area contributed by atoms with Crippen molar-refractivity contribution in [2.75, 3.05) is 13.4 Å². The van der Waals surface area contributed by atoms with E-state index in [1.54, 1.807) is 42.5 Å². The average Bonchev–Trinajstić information content (AvgIpc) is 3.27. The number of hydrogen-bond acceptors (Lipinski definition) is 6. The van der Waals surface area contributed by atoms with E-state index < -0.39 is 18.2 Å². The molecule has 0 aromatic heterocycles. The van der Waals surface area contributed by atoms with Crippen LogP contribution in [-0.2, 0) is 16.1 Å². The van der Waals surface area contributed by atoms with Crippen LogP contribution in [0.4, 0.5) is 4.39 Å². The highest BCUT2D eigenvalue weighted by Crippen LogP contribution is 2.32. The summed E-state index contributed by atoms with van der Waals surface area (Å²) in [4.78, 5) is 24.8. The van der Waals surface area contributed by atoms with Crippen molar-refractivity contribution in [1.29, 1.82) is 0 Å². The van der Waals surface area contributed by atoms with Crippen LogP contribution in [0.5, 0.6) is 11.5 Å². The average molecular weight is 442 g/mol. The van der Waals surface area contributed by atoms with Gasteiger partial charge < -0.3 is 30.0 Å². The van der Waals surface area contributed by atoms with Crippen molar-refractivity contribution < 1.29 is 33.3 Å². The molecule has 0 spiro atoms. The van der Waals surface area contributed by atoms with Gasteiger partial charge in [-0.25, -0.2) is 4.39 Å². The maximum Gasteiger partial charge on any atom is 0.251 e. The molecule has 9 heteroatoms. The molecule has 0 fully saturated rings. The minimum Gasteiger partial charge on any atom is -0.454 e. The number of carbonyl (C=O) groups is 2. The molecule has 3 N–H and O–H groups in total. The Bertz CT molecular complexity index is 1010. The monoisotopic (exact) mass is 442 g/mol. The summed E-state index contributed by atoms with van der Waals surface area (Å²) in [5.41, 5.74) is 1.17. The van der Waals surface area contributed by atoms with Gasteiger partial charge in [0.1, 0.15) is 11.9 Å². The molecular formula is C23H23FN2O6. The number of hydrogen-bond donors (Lipinski definition) is 3. The van der Waals surface area contributed by atoms with Gasteiger partial charge in [-0.05, 0) is 35.9 Å². The fraction of sp³-hybridized carbons (Fsp3) is 0.304. The zero-order valence-corrected chi connectivity index (χ0v) is 17.1. The molecule has 0 bridgehead atoms. The van der Waals surface area contributed by atoms with Crippen LogP contribution in [0.15, 0.2) is 54.6 Å². The fourth-order valence-electron chi connectivity index (χ4n) is 3.47. The summed E-state index contributed by atoms with van der Waals surface area (Å²) in [5.74, 6) is 0.143. The van der Waals surface area contributed by atoms with Crippen molar-refractivity contribution in [3.8, 4) is 11.5 Å². The number of rotatable bonds is 7. The van der Waals surface area contributed by atoms with Gasteiger partial charge in [-0.1, -0.05) is 24.3 Å². The zero-order valence-electron chi connectivity index (χ0n) is 17.1. The summed E-state index contributed by atoms with van der Waals surface area (Å²) in [5, 5.41) is 15.3. The van der Waals surface area contributed by atoms with Gasteiger partial charge in [0.25, 0.3) is 5.91 Å². The third-order valence-electron chi connectivity index (χ3n) is 5.19. The van der Waals surface area contributed by atoms with E-state index in [4.69, 9.17) is 14.2 Å². The molecular weight excluding hydrogens is 419 g/mol. The van der Waals surface area contributed by atoms with Crippen LogP contribution in [0, 0.1) is 5.82 Å². The van der Waals surface area contributed by atoms with Crippen molar-refractivity contribution in [3.05, 3.63) is 71.6 Å². The molecule has 2 heterocycles. The molecule has 0 aliphatic carbocycles. The minimum absolute atomic E-state index is 0.0526. The molecule has 2 amide bonds. The summed E-state index contributed by atoms with van der Waals surface area (Å²) in [6, 6.07) is 10.2. The quantitative estimate of drug-likeness (QED) is 0.564. The number of aliphatic hydroxyl groups is 1. The van der Waals surface area contributed by atoms with Crippen molar-refractivity contribution in [3.63, 3.8) is 0 Å². The predicted octanol–water partition coefficient (Wildman–Crippen LogP) is 1.68. The van der Waals surface area contributed by atoms with E-state index >= 15 is 0 Å². The van der Waals surface area contributed by atoms with Gasteiger partial charge in [0.2, 0.25) is 12.7 Å². The number of benzene rings is 2. The molecule has 2 aromatic carbocycles. The standard InChI is InChI=1S/C23H23FN2O6/c24-16-4-1-14(2-5-16)11-25-22(28)10-17-6-7-18(21(12-27)32-17)26-23(29)15-3-8-19-20(9-15)31-13-30-19/h1-9,17-18,21,27H,10-13H2,(H,25,28)(H,26,29)/t17-,18+,21+/m0/s1. The molecule has 0 saturated carbocycles. The first-order chi connectivity index (χ1) is 15.5. The van der Waals surface area contributed by atoms with Crippen LogP contribution in [0.1, 0.15) is 22.3 Å². The number of halogens is 1. The molecule has 2 aromatic rings. The number of aliphatic hydroxyl groups excluding tert-OH is 1. The fourth-order valence-corrected chi connectivity index (χ4v) is 3.47. The lowest BCUT2D eigenvalue weighted by molar-refractivity contribution is -0.125. The topological polar surface area (TPSA) is 106 Å². The Morgan fingerprint density at radius 3 is 2.62 bits per heavy atom. The summed E-state index contributed by atoms with van der Waals surface area (Å²) < 4.78 is 29.3. The van der Waals surface area contributed by atoms with Crippen LogP contribution in [0.25, 0.3) is 0 Å². The van der Waals surface area contributed by atoms with Crippen LogP contribution >= 0.6 is 0 Å². The summed E-state index contributed by atoms with van der Waals surface area (Å²) in [6.45, 7) is 0.0579. The van der Waals surface area contributed by atoms with Crippen molar-refractivity contribution in [1.82, 2.24) is 10.6 Å². The van der Waals surface area contributed by atoms with Gasteiger partial charge in [0.15, 0.2) is 11.5 Å². The Morgan fingerprint density at radius 2 is 1.84 bits per heavy atom. The molecule has 4 rings (SSSR count). The lowest BCUT2D eigenvalue weighted by Crippen LogP contribution is -2.49. The van der Waals surface area contributed by atoms with Crippen molar-refractivity contribution in [2.24, 2.45) is 0 Å². The highest BCUT2D eigenvalue weighted by atomic mass is 19.1. The Balaban J connectivity index is 1.30. The molecule has 32 heavy (non-hydrogen) atoms. The molecule has 0 saturated heterocycles. The summed E-state index contributed by atoms with van der Waals surface area (Å²) >= 11 is 0. The van der Waals surface area contributed by atoms with Crippen molar-refractivity contribution in [2.45, 2.75) is 31.2 Å². The van der Waals surface area contributed by atoms with Crippen LogP contribution in [-0.4, -0.2) is 48.6 Å². The van der Waals surface area contributed by atoms with E-state index in [1.165, 1.54) is 12.1 Å². The molecule has 0 radical (unpaired) electrons. The number of nitrogens with one attached hydrogen (secondary N) is 2. The SMILES string of the molecule is O=C(C[C@@H]1C=C[C@@H](NC(=O)c2ccc3c(c2)OCO3)[C@@H](CO)O1)NCc1ccc(F)cc1. The maximum atomic E-state index is 13.0. The third kappa shape index (κ3) is 5.24. The normalized spacial score (nSPS) is 21.2. The van der Waals surface area contributed by atoms with Gasteiger partial charge in [0.05, 0.1) is 25.2 Å². The minimum atomic E-state index is -0.701. The van der Waals surface area contributed by atoms with Gasteiger partial charge in [-0.3, -0.25) is 9.59 Å². The first-order valence-electron chi connectivity index (χ1n) is 10.2. The number of carbonyl (C=O) groups excluding carboxylic acids is 2. The van der Waals surface area contributed by atoms with Crippen LogP contribution < -0.4 is 20.1 Å². The van der Waals surface area contributed by atoms with Crippen LogP contribution in [0.3, 0.4) is 0 Å². The van der Waals surface area contributed by atoms with Crippen molar-refractivity contribution >= 4 is 11.8 Å². The molecule has 8 nitrogen and oxygen atoms in total. The first kappa shape index (κ1) is 21.8. The Kier molecular flexibility index (Phi) is 6.67. The summed E-state index contributed by atoms with van der Waals surface area (Å²) in [7, 11) is 0. The van der Waals surface area contributed by atoms with Crippen LogP contribution in [0.2, 0.25) is 0 Å². The molecule has 168 valence electrons. The lowest BCUT2D eigenvalue weighted by Gasteiger charge is -2.31. The van der Waals surface area contributed by atoms with Gasteiger partial charge in [0, 0.05) is 12.1 Å². The summed E-state index contributed by atoms with van der Waals surface area (Å²) in [6.07, 6.45) is 2.21. The highest BCUT2D eigenvalue weighted by Gasteiger charge is 2.29. The zero-order chi connectivity index (χ0) is 22.5. The highest BCUT2D eigenvalue weighted by molar-refractivity contribution is 5.95. The van der Waals surface area contributed by atoms with E-state index in [0.717, 1.165) is 5.56 Å². The number of amides is 2. The maximum absolute atomic E-state index is 13.0.